The van der Waals surface area contributed by atoms with Crippen molar-refractivity contribution < 1.29 is 101 Å². The highest BCUT2D eigenvalue weighted by Crippen LogP contribution is 2.49. The van der Waals surface area contributed by atoms with Gasteiger partial charge in [-0.2, -0.15) is 39.5 Å². The minimum absolute atomic E-state index is 0. The van der Waals surface area contributed by atoms with Crippen LogP contribution in [0.1, 0.15) is 199 Å². The lowest BCUT2D eigenvalue weighted by molar-refractivity contribution is -0.145. The Hall–Kier alpha value is -11.1. The second-order valence-corrected chi connectivity index (χ2v) is 40.0. The first-order valence-corrected chi connectivity index (χ1v) is 47.6. The van der Waals surface area contributed by atoms with Crippen molar-refractivity contribution in [3.63, 3.8) is 0 Å². The summed E-state index contributed by atoms with van der Waals surface area (Å²) >= 11 is 0. The zero-order chi connectivity index (χ0) is 98.0. The number of hydrogen-bond donors (Lipinski definition) is 3. The number of aryl methyl sites for hydroxylation is 2. The zero-order valence-corrected chi connectivity index (χ0v) is 78.5. The van der Waals surface area contributed by atoms with Crippen LogP contribution in [0.2, 0.25) is 0 Å². The van der Waals surface area contributed by atoms with E-state index in [1.165, 1.54) is 58.9 Å². The number of sulfonamides is 2. The van der Waals surface area contributed by atoms with E-state index in [9.17, 15) is 99.4 Å². The number of nitrogens with zero attached hydrogens (tertiary/aromatic N) is 14. The van der Waals surface area contributed by atoms with Gasteiger partial charge in [-0.25, -0.2) is 40.6 Å². The maximum absolute atomic E-state index is 14.8. The lowest BCUT2D eigenvalue weighted by Gasteiger charge is -2.50. The highest BCUT2D eigenvalue weighted by atomic mass is 32.2. The van der Waals surface area contributed by atoms with Crippen molar-refractivity contribution in [2.24, 2.45) is 0 Å². The molecule has 9 aromatic rings. The summed E-state index contributed by atoms with van der Waals surface area (Å²) in [5, 5.41) is 10.1. The third kappa shape index (κ3) is 19.3. The van der Waals surface area contributed by atoms with E-state index in [0.29, 0.717) is 174 Å². The number of aromatic nitrogens is 6. The van der Waals surface area contributed by atoms with E-state index >= 15 is 0 Å². The van der Waals surface area contributed by atoms with Gasteiger partial charge < -0.3 is 43.0 Å². The molecule has 4 aromatic carbocycles. The molecule has 4 saturated heterocycles. The smallest absolute Gasteiger partial charge is 0.386 e. The molecule has 8 aliphatic heterocycles. The monoisotopic (exact) mass is 1920 g/mol. The van der Waals surface area contributed by atoms with Gasteiger partial charge in [-0.1, -0.05) is 25.1 Å². The fourth-order valence-electron chi connectivity index (χ4n) is 20.8. The molecule has 135 heavy (non-hydrogen) atoms. The lowest BCUT2D eigenvalue weighted by atomic mass is 9.81. The van der Waals surface area contributed by atoms with Gasteiger partial charge >= 0.3 is 18.5 Å². The number of halogens is 10. The number of ketones is 3. The topological polar surface area (TPSA) is 303 Å². The number of nitrogens with one attached hydrogen (secondary N) is 2. The zero-order valence-electron chi connectivity index (χ0n) is 76.8. The number of Topliss-reactive ketones (excluding diaryl/α,β-unsaturated/α-hetero) is 3. The van der Waals surface area contributed by atoms with Crippen LogP contribution in [0.15, 0.2) is 156 Å². The van der Waals surface area contributed by atoms with Crippen LogP contribution in [0.3, 0.4) is 0 Å². The molecule has 726 valence electrons. The molecule has 0 unspecified atom stereocenters. The third-order valence-electron chi connectivity index (χ3n) is 28.5. The number of amides is 4. The number of rotatable bonds is 14. The maximum Gasteiger partial charge on any atom is 0.456 e. The molecule has 0 aliphatic carbocycles. The van der Waals surface area contributed by atoms with Crippen molar-refractivity contribution in [3.8, 4) is 11.1 Å². The average molecular weight is 1920 g/mol. The fourth-order valence-corrected chi connectivity index (χ4v) is 22.8. The number of aliphatic hydroxyl groups is 1. The molecular weight excluding hydrogens is 1810 g/mol. The number of carbonyl (C=O) groups is 7. The normalized spacial score (nSPS) is 18.5. The van der Waals surface area contributed by atoms with Crippen molar-refractivity contribution >= 4 is 61.0 Å². The first-order chi connectivity index (χ1) is 63.5. The van der Waals surface area contributed by atoms with E-state index in [1.807, 2.05) is 49.0 Å². The van der Waals surface area contributed by atoms with Crippen molar-refractivity contribution in [1.29, 1.82) is 0 Å². The van der Waals surface area contributed by atoms with Crippen LogP contribution in [0.4, 0.5) is 43.9 Å². The summed E-state index contributed by atoms with van der Waals surface area (Å²) in [6, 6.07) is 33.2. The molecule has 4 amide bonds. The van der Waals surface area contributed by atoms with Crippen LogP contribution >= 0.6 is 0 Å². The molecule has 0 saturated carbocycles. The second-order valence-electron chi connectivity index (χ2n) is 36.3. The SMILES string of the molecule is CCNS(=O)(=O)c1ccc(C(=O)N2CCC3(CC2)c2ccc(C(C)=O)n2CCN3C)cc1.CN1CCn2c(C(F)(F)F)cc(F)c2C12CCN(C(=O)c1ccc(C(C)(C)O)cc1)CC2.CNS(=O)(=O)c1ccc(C(=O)N2CCC3(CC2)c2ccc(C(=O)C(F)(F)F)n2CCN3C)cc1C.Cc1cc(C(=O)N2CCC3(CC2)c2ccc(C(=O)C(F)(F)F)n2CCN3C)ccc1-c1cncnc1.[HH]. The summed E-state index contributed by atoms with van der Waals surface area (Å²) in [5.74, 6) is -5.03. The van der Waals surface area contributed by atoms with Crippen molar-refractivity contribution in [2.75, 3.05) is 120 Å². The number of benzene rings is 4. The predicted octanol–water partition coefficient (Wildman–Crippen LogP) is 12.9. The number of likely N-dealkylation sites (tertiary alicyclic amines) is 4. The van der Waals surface area contributed by atoms with Gasteiger partial charge in [-0.05, 0) is 240 Å². The van der Waals surface area contributed by atoms with Gasteiger partial charge in [0.2, 0.25) is 20.0 Å². The summed E-state index contributed by atoms with van der Waals surface area (Å²) in [4.78, 5) is 112. The van der Waals surface area contributed by atoms with Gasteiger partial charge in [0.1, 0.15) is 17.8 Å². The summed E-state index contributed by atoms with van der Waals surface area (Å²) in [5.41, 5.74) is 4.34. The minimum atomic E-state index is -4.94. The summed E-state index contributed by atoms with van der Waals surface area (Å²) < 4.78 is 193. The molecule has 40 heteroatoms. The molecule has 4 spiro atoms. The molecule has 0 atom stereocenters. The Morgan fingerprint density at radius 3 is 1.17 bits per heavy atom. The third-order valence-corrected chi connectivity index (χ3v) is 31.6. The van der Waals surface area contributed by atoms with Crippen molar-refractivity contribution in [3.05, 3.63) is 236 Å². The molecule has 8 aliphatic rings. The lowest BCUT2D eigenvalue weighted by Crippen LogP contribution is -2.57. The van der Waals surface area contributed by atoms with E-state index < -0.39 is 83.9 Å². The van der Waals surface area contributed by atoms with Crippen LogP contribution in [0.5, 0.6) is 0 Å². The molecule has 5 aromatic heterocycles. The molecule has 17 rings (SSSR count). The quantitative estimate of drug-likeness (QED) is 0.0673. The number of carbonyl (C=O) groups excluding carboxylic acids is 7. The fraction of sp³-hybridized carbons (Fsp3) is 0.463. The standard InChI is InChI=1S/C26H26F3N5O2.C23H27F4N3O2.C23H27F3N4O4S.C23H30N4O4S.H2/c1-17-13-18(3-4-20(17)19-14-30-16-31-15-19)24(36)33-9-7-25(8-10-33)22-6-5-21(23(35)26(27,28)29)34(22)12-11-32(25)2;1-21(2,32)16-6-4-15(5-7-16)20(31)29-10-8-22(9-11-29)19-17(24)14-18(23(25,26)27)30(19)13-12-28(22)3;1-15-14-16(4-6-18(15)35(33,34)27-2)21(32)29-10-8-22(9-11-29)19-7-5-17(20(31)23(24,25)26)30(19)13-12-28(22)3;1-4-24-32(30,31)19-7-5-18(6-8-19)22(29)26-13-11-23(12-14-26)21-10-9-20(17(2)28)27(21)16-15-25(23)3;/h3-6,13-16H,7-12H2,1-2H3;4-7,14,32H,8-13H2,1-3H3;4-7,14,27H,8-13H2,1-3H3;5-10,24H,4,11-16H2,1-3H3;1H. The molecular formula is C95H112F10N16O12S2. The Balaban J connectivity index is 0.000000153. The van der Waals surface area contributed by atoms with E-state index in [1.54, 1.807) is 129 Å². The largest absolute Gasteiger partial charge is 0.456 e. The number of hydrogen-bond acceptors (Lipinski definition) is 18. The van der Waals surface area contributed by atoms with Crippen LogP contribution in [0.25, 0.3) is 11.1 Å². The van der Waals surface area contributed by atoms with Crippen molar-refractivity contribution in [1.82, 2.24) is 76.9 Å². The summed E-state index contributed by atoms with van der Waals surface area (Å²) in [6.07, 6.45) is -5.20. The molecule has 4 fully saturated rings. The number of likely N-dealkylation sites (N-methyl/N-ethyl adjacent to an activating group) is 4. The highest BCUT2D eigenvalue weighted by molar-refractivity contribution is 7.89. The molecule has 28 nitrogen and oxygen atoms in total. The molecule has 0 radical (unpaired) electrons. The average Bonchev–Trinajstić information content (AvgIpc) is 1.54. The highest BCUT2D eigenvalue weighted by Gasteiger charge is 2.54. The molecule has 3 N–H and O–H groups in total. The van der Waals surface area contributed by atoms with Gasteiger partial charge in [0.05, 0.1) is 60.3 Å². The van der Waals surface area contributed by atoms with E-state index in [-0.39, 0.29) is 76.3 Å². The summed E-state index contributed by atoms with van der Waals surface area (Å²) in [6.45, 7) is 17.7. The van der Waals surface area contributed by atoms with Gasteiger partial charge in [0.15, 0.2) is 5.78 Å². The Kier molecular flexibility index (Phi) is 28.2. The van der Waals surface area contributed by atoms with Gasteiger partial charge in [0, 0.05) is 183 Å². The Bertz CT molecular complexity index is 6240. The Morgan fingerprint density at radius 2 is 0.800 bits per heavy atom. The van der Waals surface area contributed by atoms with Crippen molar-refractivity contribution in [2.45, 2.75) is 175 Å². The second kappa shape index (κ2) is 38.1. The van der Waals surface area contributed by atoms with Crippen LogP contribution in [-0.2, 0) is 80.2 Å². The Morgan fingerprint density at radius 1 is 0.444 bits per heavy atom. The van der Waals surface area contributed by atoms with Crippen LogP contribution in [-0.4, -0.2) is 263 Å². The summed E-state index contributed by atoms with van der Waals surface area (Å²) in [7, 11) is 1.91. The Labute approximate surface area is 777 Å². The van der Waals surface area contributed by atoms with Crippen LogP contribution < -0.4 is 9.44 Å². The maximum atomic E-state index is 14.8. The number of piperidine rings is 4. The van der Waals surface area contributed by atoms with Gasteiger partial charge in [-0.15, -0.1) is 0 Å². The van der Waals surface area contributed by atoms with E-state index in [2.05, 4.69) is 51.8 Å². The molecule has 13 heterocycles. The minimum Gasteiger partial charge on any atom is -0.386 e. The van der Waals surface area contributed by atoms with Gasteiger partial charge in [0.25, 0.3) is 35.2 Å². The van der Waals surface area contributed by atoms with E-state index in [0.717, 1.165) is 58.6 Å². The number of fused-ring (bicyclic) bond motifs is 8. The first-order valence-electron chi connectivity index (χ1n) is 44.6. The van der Waals surface area contributed by atoms with E-state index in [4.69, 9.17) is 0 Å². The van der Waals surface area contributed by atoms with Crippen LogP contribution in [0, 0.1) is 19.7 Å². The predicted molar refractivity (Wildman–Crippen MR) is 482 cm³/mol. The molecule has 0 bridgehead atoms. The first kappa shape index (κ1) is 99.8. The van der Waals surface area contributed by atoms with Gasteiger partial charge in [-0.3, -0.25) is 53.2 Å². The number of alkyl halides is 9.